The molecule has 3 aromatic rings. The van der Waals surface area contributed by atoms with Crippen LogP contribution in [0.4, 0.5) is 5.69 Å². The minimum atomic E-state index is -0.349. The predicted octanol–water partition coefficient (Wildman–Crippen LogP) is 3.77. The van der Waals surface area contributed by atoms with Gasteiger partial charge < -0.3 is 10.7 Å². The standard InChI is InChI=1S/C20H20ClN5OS/c1-12-11-15-5-3-4-6-17(15)25(12)19(27)13(2)28-20-24-23-18(26(20)22)14-7-9-16(21)10-8-14/h3-10,12-13H,11,22H2,1-2H3/t12-,13-/m1/s1. The Morgan fingerprint density at radius 1 is 1.21 bits per heavy atom. The number of rotatable bonds is 4. The van der Waals surface area contributed by atoms with Gasteiger partial charge in [0.05, 0.1) is 5.25 Å². The zero-order valence-electron chi connectivity index (χ0n) is 15.5. The molecule has 8 heteroatoms. The summed E-state index contributed by atoms with van der Waals surface area (Å²) in [5.41, 5.74) is 3.00. The predicted molar refractivity (Wildman–Crippen MR) is 113 cm³/mol. The number of carbonyl (C=O) groups excluding carboxylic acids is 1. The van der Waals surface area contributed by atoms with Gasteiger partial charge in [-0.3, -0.25) is 4.79 Å². The quantitative estimate of drug-likeness (QED) is 0.520. The first-order valence-corrected chi connectivity index (χ1v) is 10.3. The second-order valence-corrected chi connectivity index (χ2v) is 8.58. The summed E-state index contributed by atoms with van der Waals surface area (Å²) in [5.74, 6) is 6.76. The Hall–Kier alpha value is -2.51. The molecule has 1 aromatic heterocycles. The van der Waals surface area contributed by atoms with E-state index < -0.39 is 0 Å². The van der Waals surface area contributed by atoms with E-state index in [-0.39, 0.29) is 17.2 Å². The van der Waals surface area contributed by atoms with Crippen LogP contribution in [0, 0.1) is 0 Å². The third kappa shape index (κ3) is 3.36. The van der Waals surface area contributed by atoms with Gasteiger partial charge >= 0.3 is 0 Å². The molecule has 0 spiro atoms. The lowest BCUT2D eigenvalue weighted by molar-refractivity contribution is -0.118. The topological polar surface area (TPSA) is 77.0 Å². The molecule has 0 saturated carbocycles. The Morgan fingerprint density at radius 2 is 1.93 bits per heavy atom. The van der Waals surface area contributed by atoms with Crippen LogP contribution in [0.1, 0.15) is 19.4 Å². The van der Waals surface area contributed by atoms with Crippen molar-refractivity contribution in [1.29, 1.82) is 0 Å². The van der Waals surface area contributed by atoms with Crippen molar-refractivity contribution < 1.29 is 4.79 Å². The molecule has 2 N–H and O–H groups in total. The van der Waals surface area contributed by atoms with Crippen LogP contribution in [0.25, 0.3) is 11.4 Å². The molecular formula is C20H20ClN5OS. The molecule has 0 saturated heterocycles. The lowest BCUT2D eigenvalue weighted by Crippen LogP contribution is -2.40. The van der Waals surface area contributed by atoms with Crippen LogP contribution in [-0.4, -0.2) is 32.1 Å². The number of benzene rings is 2. The van der Waals surface area contributed by atoms with Crippen molar-refractivity contribution in [1.82, 2.24) is 14.9 Å². The number of nitrogens with two attached hydrogens (primary N) is 1. The molecule has 0 aliphatic carbocycles. The molecule has 28 heavy (non-hydrogen) atoms. The molecule has 0 radical (unpaired) electrons. The maximum atomic E-state index is 13.1. The molecule has 0 fully saturated rings. The number of fused-ring (bicyclic) bond motifs is 1. The number of anilines is 1. The van der Waals surface area contributed by atoms with Crippen molar-refractivity contribution in [2.75, 3.05) is 10.7 Å². The first-order chi connectivity index (χ1) is 13.5. The summed E-state index contributed by atoms with van der Waals surface area (Å²) in [6, 6.07) is 15.4. The summed E-state index contributed by atoms with van der Waals surface area (Å²) in [4.78, 5) is 15.0. The fourth-order valence-electron chi connectivity index (χ4n) is 3.46. The number of thioether (sulfide) groups is 1. The molecule has 0 bridgehead atoms. The van der Waals surface area contributed by atoms with Crippen LogP contribution in [-0.2, 0) is 11.2 Å². The lowest BCUT2D eigenvalue weighted by Gasteiger charge is -2.25. The number of nitrogen functional groups attached to an aromatic ring is 1. The summed E-state index contributed by atoms with van der Waals surface area (Å²) < 4.78 is 1.42. The number of aromatic nitrogens is 3. The van der Waals surface area contributed by atoms with Crippen LogP contribution < -0.4 is 10.7 Å². The van der Waals surface area contributed by atoms with E-state index in [2.05, 4.69) is 23.2 Å². The van der Waals surface area contributed by atoms with Gasteiger partial charge in [-0.05, 0) is 56.2 Å². The van der Waals surface area contributed by atoms with E-state index in [4.69, 9.17) is 17.4 Å². The molecule has 1 aliphatic rings. The summed E-state index contributed by atoms with van der Waals surface area (Å²) >= 11 is 7.24. The van der Waals surface area contributed by atoms with Crippen molar-refractivity contribution in [3.8, 4) is 11.4 Å². The van der Waals surface area contributed by atoms with Crippen LogP contribution in [0.2, 0.25) is 5.02 Å². The number of halogens is 1. The number of carbonyl (C=O) groups is 1. The summed E-state index contributed by atoms with van der Waals surface area (Å²) in [6.45, 7) is 3.94. The van der Waals surface area contributed by atoms with Crippen LogP contribution in [0.3, 0.4) is 0 Å². The largest absolute Gasteiger partial charge is 0.335 e. The second-order valence-electron chi connectivity index (χ2n) is 6.83. The lowest BCUT2D eigenvalue weighted by atomic mass is 10.1. The second kappa shape index (κ2) is 7.48. The zero-order valence-corrected chi connectivity index (χ0v) is 17.1. The molecule has 1 aliphatic heterocycles. The van der Waals surface area contributed by atoms with Gasteiger partial charge in [0.25, 0.3) is 0 Å². The number of para-hydroxylation sites is 1. The smallest absolute Gasteiger partial charge is 0.240 e. The van der Waals surface area contributed by atoms with Crippen LogP contribution >= 0.6 is 23.4 Å². The minimum absolute atomic E-state index is 0.0403. The average Bonchev–Trinajstić information content (AvgIpc) is 3.21. The highest BCUT2D eigenvalue weighted by molar-refractivity contribution is 8.00. The molecule has 6 nitrogen and oxygen atoms in total. The molecule has 2 atom stereocenters. The molecule has 4 rings (SSSR count). The fourth-order valence-corrected chi connectivity index (χ4v) is 4.40. The summed E-state index contributed by atoms with van der Waals surface area (Å²) in [7, 11) is 0. The first kappa shape index (κ1) is 18.8. The van der Waals surface area contributed by atoms with E-state index >= 15 is 0 Å². The van der Waals surface area contributed by atoms with Crippen molar-refractivity contribution >= 4 is 35.0 Å². The summed E-state index contributed by atoms with van der Waals surface area (Å²) in [5, 5.41) is 9.13. The van der Waals surface area contributed by atoms with Crippen LogP contribution in [0.5, 0.6) is 0 Å². The van der Waals surface area contributed by atoms with Gasteiger partial charge in [-0.1, -0.05) is 41.6 Å². The average molecular weight is 414 g/mol. The van der Waals surface area contributed by atoms with Gasteiger partial charge in [-0.25, -0.2) is 4.68 Å². The number of nitrogens with zero attached hydrogens (tertiary/aromatic N) is 4. The van der Waals surface area contributed by atoms with Gasteiger partial charge in [-0.2, -0.15) is 0 Å². The summed E-state index contributed by atoms with van der Waals surface area (Å²) in [6.07, 6.45) is 0.868. The minimum Gasteiger partial charge on any atom is -0.335 e. The van der Waals surface area contributed by atoms with Gasteiger partial charge in [0.15, 0.2) is 5.82 Å². The van der Waals surface area contributed by atoms with E-state index in [1.807, 2.05) is 42.2 Å². The normalized spacial score (nSPS) is 16.8. The third-order valence-electron chi connectivity index (χ3n) is 4.84. The van der Waals surface area contributed by atoms with E-state index in [1.165, 1.54) is 22.0 Å². The number of hydrogen-bond acceptors (Lipinski definition) is 5. The van der Waals surface area contributed by atoms with Gasteiger partial charge in [0, 0.05) is 22.3 Å². The van der Waals surface area contributed by atoms with Crippen molar-refractivity contribution in [3.63, 3.8) is 0 Å². The van der Waals surface area contributed by atoms with Crippen LogP contribution in [0.15, 0.2) is 53.7 Å². The van der Waals surface area contributed by atoms with Gasteiger partial charge in [0.1, 0.15) is 0 Å². The molecule has 1 amide bonds. The first-order valence-electron chi connectivity index (χ1n) is 8.99. The molecule has 2 heterocycles. The van der Waals surface area contributed by atoms with Crippen molar-refractivity contribution in [3.05, 3.63) is 59.1 Å². The van der Waals surface area contributed by atoms with E-state index in [0.29, 0.717) is 16.0 Å². The van der Waals surface area contributed by atoms with Crippen molar-refractivity contribution in [2.45, 2.75) is 36.7 Å². The Morgan fingerprint density at radius 3 is 2.68 bits per heavy atom. The molecule has 2 aromatic carbocycles. The molecule has 144 valence electrons. The van der Waals surface area contributed by atoms with Gasteiger partial charge in [0.2, 0.25) is 11.1 Å². The Balaban J connectivity index is 1.53. The van der Waals surface area contributed by atoms with E-state index in [0.717, 1.165) is 17.7 Å². The number of amides is 1. The maximum absolute atomic E-state index is 13.1. The highest BCUT2D eigenvalue weighted by atomic mass is 35.5. The third-order valence-corrected chi connectivity index (χ3v) is 6.14. The Bertz CT molecular complexity index is 1020. The van der Waals surface area contributed by atoms with Crippen molar-refractivity contribution in [2.24, 2.45) is 0 Å². The Kier molecular flexibility index (Phi) is 5.03. The highest BCUT2D eigenvalue weighted by Gasteiger charge is 2.34. The fraction of sp³-hybridized carbons (Fsp3) is 0.250. The highest BCUT2D eigenvalue weighted by Crippen LogP contribution is 2.34. The van der Waals surface area contributed by atoms with E-state index in [9.17, 15) is 4.79 Å². The van der Waals surface area contributed by atoms with Gasteiger partial charge in [-0.15, -0.1) is 10.2 Å². The number of hydrogen-bond donors (Lipinski definition) is 1. The zero-order chi connectivity index (χ0) is 19.8. The molecule has 0 unspecified atom stereocenters. The monoisotopic (exact) mass is 413 g/mol. The molecular weight excluding hydrogens is 394 g/mol. The SMILES string of the molecule is C[C@@H]1Cc2ccccc2N1C(=O)[C@@H](C)Sc1nnc(-c2ccc(Cl)cc2)n1N. The Labute approximate surface area is 172 Å². The van der Waals surface area contributed by atoms with E-state index in [1.54, 1.807) is 12.1 Å². The maximum Gasteiger partial charge on any atom is 0.240 e.